The zero-order chi connectivity index (χ0) is 13.8. The molecule has 0 aliphatic rings. The number of nitrogens with one attached hydrogen (secondary N) is 2. The fourth-order valence-electron chi connectivity index (χ4n) is 1.75. The number of hydrogen-bond acceptors (Lipinski definition) is 3. The molecule has 0 saturated heterocycles. The molecule has 2 rings (SSSR count). The highest BCUT2D eigenvalue weighted by Crippen LogP contribution is 2.28. The summed E-state index contributed by atoms with van der Waals surface area (Å²) < 4.78 is 0. The van der Waals surface area contributed by atoms with Crippen LogP contribution >= 0.6 is 22.9 Å². The first-order valence-electron chi connectivity index (χ1n) is 5.92. The predicted molar refractivity (Wildman–Crippen MR) is 82.1 cm³/mol. The number of rotatable bonds is 4. The van der Waals surface area contributed by atoms with Crippen LogP contribution in [-0.2, 0) is 4.79 Å². The van der Waals surface area contributed by atoms with E-state index in [0.29, 0.717) is 10.7 Å². The van der Waals surface area contributed by atoms with Crippen LogP contribution in [0.4, 0.5) is 11.4 Å². The van der Waals surface area contributed by atoms with Crippen molar-refractivity contribution in [3.63, 3.8) is 0 Å². The predicted octanol–water partition coefficient (Wildman–Crippen LogP) is 4.53. The van der Waals surface area contributed by atoms with Gasteiger partial charge in [-0.2, -0.15) is 11.3 Å². The van der Waals surface area contributed by atoms with Crippen LogP contribution in [0.2, 0.25) is 5.02 Å². The summed E-state index contributed by atoms with van der Waals surface area (Å²) in [7, 11) is 0. The molecule has 1 unspecified atom stereocenters. The van der Waals surface area contributed by atoms with E-state index in [0.717, 1.165) is 5.69 Å². The van der Waals surface area contributed by atoms with Gasteiger partial charge >= 0.3 is 0 Å². The van der Waals surface area contributed by atoms with Crippen LogP contribution in [0.25, 0.3) is 0 Å². The van der Waals surface area contributed by atoms with Gasteiger partial charge in [-0.05, 0) is 47.5 Å². The highest BCUT2D eigenvalue weighted by atomic mass is 35.5. The van der Waals surface area contributed by atoms with E-state index in [2.05, 4.69) is 34.4 Å². The molecule has 1 amide bonds. The Balaban J connectivity index is 2.10. The number of hydrogen-bond donors (Lipinski definition) is 2. The van der Waals surface area contributed by atoms with E-state index in [-0.39, 0.29) is 11.9 Å². The Morgan fingerprint density at radius 2 is 2.16 bits per heavy atom. The third-order valence-electron chi connectivity index (χ3n) is 2.71. The SMILES string of the molecule is CC(=O)Nc1ccc(NC(C)c2ccsc2)cc1Cl. The van der Waals surface area contributed by atoms with Gasteiger partial charge in [0.05, 0.1) is 10.7 Å². The molecule has 5 heteroatoms. The minimum atomic E-state index is -0.130. The molecule has 1 aromatic heterocycles. The number of halogens is 1. The maximum absolute atomic E-state index is 11.0. The Bertz CT molecular complexity index is 569. The van der Waals surface area contributed by atoms with Crippen LogP contribution in [0, 0.1) is 0 Å². The van der Waals surface area contributed by atoms with Crippen molar-refractivity contribution in [2.45, 2.75) is 19.9 Å². The van der Waals surface area contributed by atoms with Crippen LogP contribution in [0.1, 0.15) is 25.5 Å². The largest absolute Gasteiger partial charge is 0.378 e. The van der Waals surface area contributed by atoms with Gasteiger partial charge in [0.15, 0.2) is 0 Å². The van der Waals surface area contributed by atoms with Crippen molar-refractivity contribution >= 4 is 40.2 Å². The van der Waals surface area contributed by atoms with E-state index in [1.807, 2.05) is 12.1 Å². The minimum Gasteiger partial charge on any atom is -0.378 e. The first kappa shape index (κ1) is 13.9. The molecule has 1 aromatic carbocycles. The normalized spacial score (nSPS) is 11.9. The summed E-state index contributed by atoms with van der Waals surface area (Å²) in [6, 6.07) is 7.83. The summed E-state index contributed by atoms with van der Waals surface area (Å²) in [5.41, 5.74) is 2.80. The lowest BCUT2D eigenvalue weighted by molar-refractivity contribution is -0.114. The van der Waals surface area contributed by atoms with Crippen molar-refractivity contribution in [2.75, 3.05) is 10.6 Å². The summed E-state index contributed by atoms with van der Waals surface area (Å²) in [5.74, 6) is -0.130. The van der Waals surface area contributed by atoms with Crippen molar-refractivity contribution in [2.24, 2.45) is 0 Å². The Morgan fingerprint density at radius 3 is 2.74 bits per heavy atom. The highest BCUT2D eigenvalue weighted by molar-refractivity contribution is 7.08. The molecule has 0 saturated carbocycles. The molecule has 0 fully saturated rings. The average Bonchev–Trinajstić information content (AvgIpc) is 2.86. The quantitative estimate of drug-likeness (QED) is 0.869. The molecule has 3 nitrogen and oxygen atoms in total. The number of carbonyl (C=O) groups excluding carboxylic acids is 1. The van der Waals surface area contributed by atoms with E-state index in [1.165, 1.54) is 12.5 Å². The van der Waals surface area contributed by atoms with Gasteiger partial charge < -0.3 is 10.6 Å². The molecule has 0 bridgehead atoms. The minimum absolute atomic E-state index is 0.130. The molecule has 1 heterocycles. The van der Waals surface area contributed by atoms with Crippen molar-refractivity contribution < 1.29 is 4.79 Å². The molecule has 0 aliphatic carbocycles. The molecule has 0 spiro atoms. The molecule has 1 atom stereocenters. The van der Waals surface area contributed by atoms with Crippen molar-refractivity contribution in [3.8, 4) is 0 Å². The van der Waals surface area contributed by atoms with Gasteiger partial charge in [0.1, 0.15) is 0 Å². The molecule has 19 heavy (non-hydrogen) atoms. The van der Waals surface area contributed by atoms with E-state index in [9.17, 15) is 4.79 Å². The standard InChI is InChI=1S/C14H15ClN2OS/c1-9(11-5-6-19-8-11)16-12-3-4-14(13(15)7-12)17-10(2)18/h3-9,16H,1-2H3,(H,17,18). The summed E-state index contributed by atoms with van der Waals surface area (Å²) >= 11 is 7.81. The average molecular weight is 295 g/mol. The maximum Gasteiger partial charge on any atom is 0.221 e. The van der Waals surface area contributed by atoms with Crippen LogP contribution in [0.5, 0.6) is 0 Å². The summed E-state index contributed by atoms with van der Waals surface area (Å²) in [4.78, 5) is 11.0. The molecular weight excluding hydrogens is 280 g/mol. The van der Waals surface area contributed by atoms with E-state index >= 15 is 0 Å². The van der Waals surface area contributed by atoms with E-state index in [1.54, 1.807) is 17.4 Å². The Morgan fingerprint density at radius 1 is 1.37 bits per heavy atom. The molecule has 2 aromatic rings. The van der Waals surface area contributed by atoms with Crippen LogP contribution in [0.3, 0.4) is 0 Å². The fourth-order valence-corrected chi connectivity index (χ4v) is 2.73. The lowest BCUT2D eigenvalue weighted by Gasteiger charge is -2.15. The van der Waals surface area contributed by atoms with Gasteiger partial charge in [0.2, 0.25) is 5.91 Å². The molecule has 100 valence electrons. The third-order valence-corrected chi connectivity index (χ3v) is 3.72. The monoisotopic (exact) mass is 294 g/mol. The number of benzene rings is 1. The maximum atomic E-state index is 11.0. The Hall–Kier alpha value is -1.52. The van der Waals surface area contributed by atoms with E-state index in [4.69, 9.17) is 11.6 Å². The van der Waals surface area contributed by atoms with Gasteiger partial charge in [-0.3, -0.25) is 4.79 Å². The number of thiophene rings is 1. The van der Waals surface area contributed by atoms with Crippen molar-refractivity contribution in [1.29, 1.82) is 0 Å². The lowest BCUT2D eigenvalue weighted by Crippen LogP contribution is -2.08. The van der Waals surface area contributed by atoms with Gasteiger partial charge in [-0.15, -0.1) is 0 Å². The second-order valence-corrected chi connectivity index (χ2v) is 5.49. The van der Waals surface area contributed by atoms with Crippen molar-refractivity contribution in [1.82, 2.24) is 0 Å². The zero-order valence-electron chi connectivity index (χ0n) is 10.7. The Kier molecular flexibility index (Phi) is 4.45. The van der Waals surface area contributed by atoms with Gasteiger partial charge in [-0.25, -0.2) is 0 Å². The first-order chi connectivity index (χ1) is 9.06. The summed E-state index contributed by atoms with van der Waals surface area (Å²) in [5, 5.41) is 10.8. The van der Waals surface area contributed by atoms with Gasteiger partial charge in [0, 0.05) is 18.7 Å². The molecule has 0 radical (unpaired) electrons. The first-order valence-corrected chi connectivity index (χ1v) is 7.24. The molecule has 0 aliphatic heterocycles. The van der Waals surface area contributed by atoms with Gasteiger partial charge in [0.25, 0.3) is 0 Å². The van der Waals surface area contributed by atoms with E-state index < -0.39 is 0 Å². The third kappa shape index (κ3) is 3.72. The zero-order valence-corrected chi connectivity index (χ0v) is 12.3. The highest BCUT2D eigenvalue weighted by Gasteiger charge is 2.08. The lowest BCUT2D eigenvalue weighted by atomic mass is 10.1. The second-order valence-electron chi connectivity index (χ2n) is 4.30. The summed E-state index contributed by atoms with van der Waals surface area (Å²) in [6.07, 6.45) is 0. The number of amides is 1. The number of carbonyl (C=O) groups is 1. The van der Waals surface area contributed by atoms with Crippen LogP contribution in [-0.4, -0.2) is 5.91 Å². The molecular formula is C14H15ClN2OS. The van der Waals surface area contributed by atoms with Crippen LogP contribution < -0.4 is 10.6 Å². The topological polar surface area (TPSA) is 41.1 Å². The number of anilines is 2. The Labute approximate surface area is 121 Å². The van der Waals surface area contributed by atoms with Gasteiger partial charge in [-0.1, -0.05) is 11.6 Å². The second kappa shape index (κ2) is 6.08. The smallest absolute Gasteiger partial charge is 0.221 e. The summed E-state index contributed by atoms with van der Waals surface area (Å²) in [6.45, 7) is 3.55. The fraction of sp³-hybridized carbons (Fsp3) is 0.214. The van der Waals surface area contributed by atoms with Crippen LogP contribution in [0.15, 0.2) is 35.0 Å². The molecule has 2 N–H and O–H groups in total. The van der Waals surface area contributed by atoms with Crippen molar-refractivity contribution in [3.05, 3.63) is 45.6 Å².